The Bertz CT molecular complexity index is 351. The van der Waals surface area contributed by atoms with Gasteiger partial charge in [-0.25, -0.2) is 0 Å². The average molecular weight is 247 g/mol. The summed E-state index contributed by atoms with van der Waals surface area (Å²) in [4.78, 5) is 2.48. The Hall–Kier alpha value is -0.860. The molecule has 0 saturated carbocycles. The first kappa shape index (κ1) is 13.6. The first-order valence-electron chi connectivity index (χ1n) is 7.02. The van der Waals surface area contributed by atoms with E-state index in [1.54, 1.807) is 0 Å². The Morgan fingerprint density at radius 2 is 1.78 bits per heavy atom. The first-order chi connectivity index (χ1) is 8.57. The van der Waals surface area contributed by atoms with Gasteiger partial charge >= 0.3 is 0 Å². The Morgan fingerprint density at radius 3 is 2.39 bits per heavy atom. The van der Waals surface area contributed by atoms with Crippen molar-refractivity contribution in [2.45, 2.75) is 39.2 Å². The number of aliphatic hydroxyl groups excluding tert-OH is 1. The lowest BCUT2D eigenvalue weighted by molar-refractivity contribution is 0.101. The minimum atomic E-state index is -0.318. The summed E-state index contributed by atoms with van der Waals surface area (Å²) in [5.41, 5.74) is 1.55. The highest BCUT2D eigenvalue weighted by atomic mass is 16.3. The number of benzene rings is 1. The van der Waals surface area contributed by atoms with Crippen molar-refractivity contribution in [3.8, 4) is 0 Å². The molecule has 2 heteroatoms. The number of piperidine rings is 1. The maximum absolute atomic E-state index is 10.1. The van der Waals surface area contributed by atoms with E-state index in [1.807, 2.05) is 30.3 Å². The zero-order valence-electron chi connectivity index (χ0n) is 11.6. The van der Waals surface area contributed by atoms with Crippen LogP contribution < -0.4 is 0 Å². The predicted octanol–water partition coefficient (Wildman–Crippen LogP) is 3.23. The summed E-state index contributed by atoms with van der Waals surface area (Å²) in [5, 5.41) is 10.1. The van der Waals surface area contributed by atoms with Crippen molar-refractivity contribution in [1.29, 1.82) is 0 Å². The molecule has 1 aromatic carbocycles. The fourth-order valence-electron chi connectivity index (χ4n) is 2.53. The van der Waals surface area contributed by atoms with Crippen molar-refractivity contribution in [2.75, 3.05) is 19.6 Å². The molecule has 1 N–H and O–H groups in total. The van der Waals surface area contributed by atoms with E-state index < -0.39 is 0 Å². The van der Waals surface area contributed by atoms with Crippen LogP contribution in [0.4, 0.5) is 0 Å². The summed E-state index contributed by atoms with van der Waals surface area (Å²) < 4.78 is 0. The lowest BCUT2D eigenvalue weighted by Crippen LogP contribution is -2.38. The quantitative estimate of drug-likeness (QED) is 0.883. The van der Waals surface area contributed by atoms with E-state index in [-0.39, 0.29) is 6.10 Å². The van der Waals surface area contributed by atoms with Gasteiger partial charge < -0.3 is 10.0 Å². The first-order valence-corrected chi connectivity index (χ1v) is 7.02. The number of hydrogen-bond donors (Lipinski definition) is 1. The maximum atomic E-state index is 10.1. The standard InChI is InChI=1S/C16H25NO/c1-16(2)9-12-17(13-10-16)11-8-15(18)14-6-4-3-5-7-14/h3-7,15,18H,8-13H2,1-2H3. The third-order valence-electron chi connectivity index (χ3n) is 4.11. The van der Waals surface area contributed by atoms with E-state index >= 15 is 0 Å². The van der Waals surface area contributed by atoms with Gasteiger partial charge in [0, 0.05) is 6.54 Å². The normalized spacial score (nSPS) is 21.7. The van der Waals surface area contributed by atoms with Gasteiger partial charge in [0.15, 0.2) is 0 Å². The highest BCUT2D eigenvalue weighted by Gasteiger charge is 2.25. The van der Waals surface area contributed by atoms with E-state index in [2.05, 4.69) is 18.7 Å². The molecule has 1 fully saturated rings. The third-order valence-corrected chi connectivity index (χ3v) is 4.11. The third kappa shape index (κ3) is 3.82. The molecule has 0 radical (unpaired) electrons. The van der Waals surface area contributed by atoms with E-state index in [4.69, 9.17) is 0 Å². The van der Waals surface area contributed by atoms with E-state index in [0.29, 0.717) is 5.41 Å². The van der Waals surface area contributed by atoms with Crippen molar-refractivity contribution < 1.29 is 5.11 Å². The zero-order valence-corrected chi connectivity index (χ0v) is 11.6. The molecule has 0 aromatic heterocycles. The molecule has 0 amide bonds. The molecular weight excluding hydrogens is 222 g/mol. The SMILES string of the molecule is CC1(C)CCN(CCC(O)c2ccccc2)CC1. The number of rotatable bonds is 4. The Kier molecular flexibility index (Phi) is 4.41. The topological polar surface area (TPSA) is 23.5 Å². The summed E-state index contributed by atoms with van der Waals surface area (Å²) in [5.74, 6) is 0. The highest BCUT2D eigenvalue weighted by molar-refractivity contribution is 5.17. The number of likely N-dealkylation sites (tertiary alicyclic amines) is 1. The van der Waals surface area contributed by atoms with Gasteiger partial charge in [0.1, 0.15) is 0 Å². The summed E-state index contributed by atoms with van der Waals surface area (Å²) in [6.07, 6.45) is 3.06. The van der Waals surface area contributed by atoms with Gasteiger partial charge in [0.05, 0.1) is 6.10 Å². The molecule has 1 saturated heterocycles. The number of hydrogen-bond acceptors (Lipinski definition) is 2. The van der Waals surface area contributed by atoms with Crippen LogP contribution in [0.3, 0.4) is 0 Å². The zero-order chi connectivity index (χ0) is 13.0. The van der Waals surface area contributed by atoms with Crippen LogP contribution in [0, 0.1) is 5.41 Å². The van der Waals surface area contributed by atoms with Gasteiger partial charge in [-0.1, -0.05) is 44.2 Å². The van der Waals surface area contributed by atoms with Crippen molar-refractivity contribution in [3.63, 3.8) is 0 Å². The second kappa shape index (κ2) is 5.85. The molecule has 0 bridgehead atoms. The van der Waals surface area contributed by atoms with Gasteiger partial charge in [-0.2, -0.15) is 0 Å². The fourth-order valence-corrected chi connectivity index (χ4v) is 2.53. The number of nitrogens with zero attached hydrogens (tertiary/aromatic N) is 1. The highest BCUT2D eigenvalue weighted by Crippen LogP contribution is 2.30. The molecule has 1 aliphatic heterocycles. The second-order valence-electron chi connectivity index (χ2n) is 6.22. The Labute approximate surface area is 111 Å². The molecule has 2 nitrogen and oxygen atoms in total. The van der Waals surface area contributed by atoms with Gasteiger partial charge in [0.25, 0.3) is 0 Å². The van der Waals surface area contributed by atoms with Crippen LogP contribution in [0.1, 0.15) is 44.8 Å². The molecule has 1 atom stereocenters. The number of aliphatic hydroxyl groups is 1. The predicted molar refractivity (Wildman–Crippen MR) is 75.5 cm³/mol. The summed E-state index contributed by atoms with van der Waals surface area (Å²) in [7, 11) is 0. The van der Waals surface area contributed by atoms with E-state index in [9.17, 15) is 5.11 Å². The van der Waals surface area contributed by atoms with Crippen LogP contribution in [0.2, 0.25) is 0 Å². The molecule has 1 heterocycles. The van der Waals surface area contributed by atoms with Crippen LogP contribution in [-0.4, -0.2) is 29.6 Å². The molecule has 2 rings (SSSR count). The molecule has 18 heavy (non-hydrogen) atoms. The van der Waals surface area contributed by atoms with Crippen molar-refractivity contribution in [1.82, 2.24) is 4.90 Å². The lowest BCUT2D eigenvalue weighted by atomic mass is 9.82. The summed E-state index contributed by atoms with van der Waals surface area (Å²) in [6.45, 7) is 8.06. The lowest BCUT2D eigenvalue weighted by Gasteiger charge is -2.37. The minimum absolute atomic E-state index is 0.318. The molecule has 1 unspecified atom stereocenters. The van der Waals surface area contributed by atoms with Crippen LogP contribution in [0.5, 0.6) is 0 Å². The molecule has 1 aromatic rings. The molecule has 100 valence electrons. The fraction of sp³-hybridized carbons (Fsp3) is 0.625. The smallest absolute Gasteiger partial charge is 0.0802 e. The van der Waals surface area contributed by atoms with Gasteiger partial charge in [-0.3, -0.25) is 0 Å². The van der Waals surface area contributed by atoms with Crippen LogP contribution in [0.25, 0.3) is 0 Å². The maximum Gasteiger partial charge on any atom is 0.0802 e. The van der Waals surface area contributed by atoms with Crippen LogP contribution in [-0.2, 0) is 0 Å². The average Bonchev–Trinajstić information content (AvgIpc) is 2.38. The molecule has 0 aliphatic carbocycles. The largest absolute Gasteiger partial charge is 0.388 e. The van der Waals surface area contributed by atoms with Gasteiger partial charge in [0.2, 0.25) is 0 Å². The molecule has 1 aliphatic rings. The minimum Gasteiger partial charge on any atom is -0.388 e. The van der Waals surface area contributed by atoms with Gasteiger partial charge in [-0.05, 0) is 43.3 Å². The van der Waals surface area contributed by atoms with E-state index in [1.165, 1.54) is 25.9 Å². The van der Waals surface area contributed by atoms with Crippen LogP contribution in [0.15, 0.2) is 30.3 Å². The summed E-state index contributed by atoms with van der Waals surface area (Å²) >= 11 is 0. The van der Waals surface area contributed by atoms with Gasteiger partial charge in [-0.15, -0.1) is 0 Å². The van der Waals surface area contributed by atoms with Crippen molar-refractivity contribution in [2.24, 2.45) is 5.41 Å². The summed E-state index contributed by atoms with van der Waals surface area (Å²) in [6, 6.07) is 9.97. The monoisotopic (exact) mass is 247 g/mol. The molecular formula is C16H25NO. The van der Waals surface area contributed by atoms with Crippen LogP contribution >= 0.6 is 0 Å². The van der Waals surface area contributed by atoms with Crippen molar-refractivity contribution in [3.05, 3.63) is 35.9 Å². The van der Waals surface area contributed by atoms with Crippen molar-refractivity contribution >= 4 is 0 Å². The van der Waals surface area contributed by atoms with E-state index in [0.717, 1.165) is 18.5 Å². The Balaban J connectivity index is 1.76. The second-order valence-corrected chi connectivity index (χ2v) is 6.22. The molecule has 0 spiro atoms. The Morgan fingerprint density at radius 1 is 1.17 bits per heavy atom.